The smallest absolute Gasteiger partial charge is 0.191 e. The number of nitrogens with one attached hydrogen (secondary N) is 2. The van der Waals surface area contributed by atoms with E-state index in [9.17, 15) is 0 Å². The fourth-order valence-corrected chi connectivity index (χ4v) is 3.20. The highest BCUT2D eigenvalue weighted by molar-refractivity contribution is 6.31. The predicted octanol–water partition coefficient (Wildman–Crippen LogP) is 2.83. The van der Waals surface area contributed by atoms with Crippen molar-refractivity contribution >= 4 is 23.4 Å². The number of ether oxygens (including phenoxy) is 1. The van der Waals surface area contributed by atoms with E-state index < -0.39 is 0 Å². The van der Waals surface area contributed by atoms with E-state index in [4.69, 9.17) is 16.3 Å². The van der Waals surface area contributed by atoms with Crippen molar-refractivity contribution in [2.75, 3.05) is 31.6 Å². The highest BCUT2D eigenvalue weighted by atomic mass is 35.5. The van der Waals surface area contributed by atoms with Gasteiger partial charge in [-0.15, -0.1) is 0 Å². The maximum absolute atomic E-state index is 6.20. The summed E-state index contributed by atoms with van der Waals surface area (Å²) in [6.07, 6.45) is 2.09. The van der Waals surface area contributed by atoms with E-state index in [0.29, 0.717) is 13.1 Å². The monoisotopic (exact) mass is 387 g/mol. The Morgan fingerprint density at radius 3 is 2.89 bits per heavy atom. The van der Waals surface area contributed by atoms with Gasteiger partial charge < -0.3 is 20.3 Å². The van der Waals surface area contributed by atoms with Gasteiger partial charge in [0.05, 0.1) is 12.7 Å². The molecule has 0 spiro atoms. The number of hydrogen-bond acceptors (Lipinski definition) is 4. The number of benzene rings is 1. The van der Waals surface area contributed by atoms with Crippen molar-refractivity contribution in [3.63, 3.8) is 0 Å². The first-order valence-corrected chi connectivity index (χ1v) is 9.53. The minimum absolute atomic E-state index is 0.232. The second-order valence-corrected chi connectivity index (χ2v) is 6.93. The molecule has 1 fully saturated rings. The molecular formula is C20H26ClN5O. The van der Waals surface area contributed by atoms with Gasteiger partial charge in [-0.2, -0.15) is 0 Å². The minimum atomic E-state index is 0.232. The molecule has 1 atom stereocenters. The Balaban J connectivity index is 1.55. The molecule has 6 nitrogen and oxygen atoms in total. The normalized spacial score (nSPS) is 17.7. The molecule has 144 valence electrons. The molecule has 1 saturated heterocycles. The molecule has 2 aromatic rings. The summed E-state index contributed by atoms with van der Waals surface area (Å²) in [5.41, 5.74) is 2.19. The minimum Gasteiger partial charge on any atom is -0.375 e. The Morgan fingerprint density at radius 2 is 2.11 bits per heavy atom. The summed E-state index contributed by atoms with van der Waals surface area (Å²) >= 11 is 6.20. The topological polar surface area (TPSA) is 61.8 Å². The Labute approximate surface area is 165 Å². The standard InChI is InChI=1S/C20H26ClN5O/c1-15-14-26(9-10-27-15)19-11-16(7-8-23-19)12-24-20(22-2)25-13-17-5-3-4-6-18(17)21/h3-8,11,15H,9-10,12-14H2,1-2H3,(H2,22,24,25). The van der Waals surface area contributed by atoms with Crippen molar-refractivity contribution in [3.05, 3.63) is 58.7 Å². The molecule has 1 aromatic heterocycles. The van der Waals surface area contributed by atoms with Crippen LogP contribution in [0.15, 0.2) is 47.6 Å². The predicted molar refractivity (Wildman–Crippen MR) is 110 cm³/mol. The van der Waals surface area contributed by atoms with Gasteiger partial charge in [0.2, 0.25) is 0 Å². The van der Waals surface area contributed by atoms with E-state index >= 15 is 0 Å². The van der Waals surface area contributed by atoms with Crippen LogP contribution in [0.25, 0.3) is 0 Å². The molecule has 1 aromatic carbocycles. The lowest BCUT2D eigenvalue weighted by Crippen LogP contribution is -2.41. The van der Waals surface area contributed by atoms with Crippen LogP contribution in [-0.2, 0) is 17.8 Å². The Morgan fingerprint density at radius 1 is 1.30 bits per heavy atom. The summed E-state index contributed by atoms with van der Waals surface area (Å²) in [5, 5.41) is 7.38. The van der Waals surface area contributed by atoms with Crippen molar-refractivity contribution in [1.82, 2.24) is 15.6 Å². The quantitative estimate of drug-likeness (QED) is 0.610. The summed E-state index contributed by atoms with van der Waals surface area (Å²) in [5.74, 6) is 1.72. The lowest BCUT2D eigenvalue weighted by atomic mass is 10.2. The zero-order valence-electron chi connectivity index (χ0n) is 15.8. The van der Waals surface area contributed by atoms with Crippen molar-refractivity contribution in [2.24, 2.45) is 4.99 Å². The van der Waals surface area contributed by atoms with Gasteiger partial charge in [0.1, 0.15) is 5.82 Å². The van der Waals surface area contributed by atoms with Crippen molar-refractivity contribution in [3.8, 4) is 0 Å². The first-order valence-electron chi connectivity index (χ1n) is 9.15. The zero-order valence-corrected chi connectivity index (χ0v) is 16.5. The highest BCUT2D eigenvalue weighted by Gasteiger charge is 2.18. The summed E-state index contributed by atoms with van der Waals surface area (Å²) in [7, 11) is 1.76. The van der Waals surface area contributed by atoms with Gasteiger partial charge in [0.15, 0.2) is 5.96 Å². The van der Waals surface area contributed by atoms with Gasteiger partial charge in [-0.05, 0) is 36.2 Å². The second kappa shape index (κ2) is 9.58. The number of nitrogens with zero attached hydrogens (tertiary/aromatic N) is 3. The van der Waals surface area contributed by atoms with Crippen molar-refractivity contribution in [1.29, 1.82) is 0 Å². The molecule has 2 N–H and O–H groups in total. The van der Waals surface area contributed by atoms with Crippen LogP contribution >= 0.6 is 11.6 Å². The van der Waals surface area contributed by atoms with Crippen LogP contribution in [0.2, 0.25) is 5.02 Å². The zero-order chi connectivity index (χ0) is 19.1. The fourth-order valence-electron chi connectivity index (χ4n) is 3.00. The summed E-state index contributed by atoms with van der Waals surface area (Å²) in [6, 6.07) is 11.9. The van der Waals surface area contributed by atoms with Gasteiger partial charge in [0, 0.05) is 44.4 Å². The van der Waals surface area contributed by atoms with E-state index in [1.807, 2.05) is 36.5 Å². The summed E-state index contributed by atoms with van der Waals surface area (Å²) < 4.78 is 5.61. The van der Waals surface area contributed by atoms with Crippen LogP contribution < -0.4 is 15.5 Å². The van der Waals surface area contributed by atoms with E-state index in [-0.39, 0.29) is 6.10 Å². The van der Waals surface area contributed by atoms with Gasteiger partial charge in [-0.3, -0.25) is 4.99 Å². The molecule has 0 bridgehead atoms. The van der Waals surface area contributed by atoms with Crippen LogP contribution in [0.4, 0.5) is 5.82 Å². The van der Waals surface area contributed by atoms with E-state index in [0.717, 1.165) is 47.6 Å². The first kappa shape index (κ1) is 19.5. The molecular weight excluding hydrogens is 362 g/mol. The molecule has 1 unspecified atom stereocenters. The number of morpholine rings is 1. The third-order valence-corrected chi connectivity index (χ3v) is 4.83. The van der Waals surface area contributed by atoms with E-state index in [1.165, 1.54) is 0 Å². The number of halogens is 1. The molecule has 27 heavy (non-hydrogen) atoms. The number of anilines is 1. The van der Waals surface area contributed by atoms with E-state index in [2.05, 4.69) is 38.5 Å². The highest BCUT2D eigenvalue weighted by Crippen LogP contribution is 2.16. The van der Waals surface area contributed by atoms with Gasteiger partial charge >= 0.3 is 0 Å². The van der Waals surface area contributed by atoms with Crippen LogP contribution in [0.3, 0.4) is 0 Å². The fraction of sp³-hybridized carbons (Fsp3) is 0.400. The number of aromatic nitrogens is 1. The van der Waals surface area contributed by atoms with Crippen LogP contribution in [0, 0.1) is 0 Å². The third-order valence-electron chi connectivity index (χ3n) is 4.46. The SMILES string of the molecule is CN=C(NCc1ccnc(N2CCOC(C)C2)c1)NCc1ccccc1Cl. The Kier molecular flexibility index (Phi) is 6.90. The first-order chi connectivity index (χ1) is 13.2. The number of guanidine groups is 1. The molecule has 1 aliphatic heterocycles. The van der Waals surface area contributed by atoms with E-state index in [1.54, 1.807) is 7.05 Å². The maximum atomic E-state index is 6.20. The average Bonchev–Trinajstić information content (AvgIpc) is 2.69. The lowest BCUT2D eigenvalue weighted by Gasteiger charge is -2.32. The second-order valence-electron chi connectivity index (χ2n) is 6.52. The summed E-state index contributed by atoms with van der Waals surface area (Å²) in [4.78, 5) is 11.1. The van der Waals surface area contributed by atoms with Crippen LogP contribution in [0.5, 0.6) is 0 Å². The number of hydrogen-bond donors (Lipinski definition) is 2. The molecule has 7 heteroatoms. The molecule has 2 heterocycles. The molecule has 1 aliphatic rings. The van der Waals surface area contributed by atoms with Crippen molar-refractivity contribution in [2.45, 2.75) is 26.1 Å². The van der Waals surface area contributed by atoms with Gasteiger partial charge in [0.25, 0.3) is 0 Å². The van der Waals surface area contributed by atoms with Crippen molar-refractivity contribution < 1.29 is 4.74 Å². The molecule has 0 radical (unpaired) electrons. The lowest BCUT2D eigenvalue weighted by molar-refractivity contribution is 0.0529. The molecule has 0 aliphatic carbocycles. The Hall–Kier alpha value is -2.31. The third kappa shape index (κ3) is 5.58. The molecule has 0 saturated carbocycles. The van der Waals surface area contributed by atoms with Crippen LogP contribution in [0.1, 0.15) is 18.1 Å². The largest absolute Gasteiger partial charge is 0.375 e. The molecule has 3 rings (SSSR count). The van der Waals surface area contributed by atoms with Gasteiger partial charge in [-0.25, -0.2) is 4.98 Å². The van der Waals surface area contributed by atoms with Gasteiger partial charge in [-0.1, -0.05) is 29.8 Å². The Bertz CT molecular complexity index is 782. The van der Waals surface area contributed by atoms with Crippen LogP contribution in [-0.4, -0.2) is 43.8 Å². The maximum Gasteiger partial charge on any atom is 0.191 e. The number of rotatable bonds is 5. The molecule has 0 amide bonds. The number of aliphatic imine (C=N–C) groups is 1. The number of pyridine rings is 1. The average molecular weight is 388 g/mol. The summed E-state index contributed by atoms with van der Waals surface area (Å²) in [6.45, 7) is 5.85.